The first-order chi connectivity index (χ1) is 6.24. The predicted octanol–water partition coefficient (Wildman–Crippen LogP) is 0.226. The van der Waals surface area contributed by atoms with Crippen LogP contribution in [0.15, 0.2) is 17.6 Å². The van der Waals surface area contributed by atoms with Gasteiger partial charge in [-0.3, -0.25) is 4.21 Å². The van der Waals surface area contributed by atoms with Crippen LogP contribution in [0.4, 0.5) is 0 Å². The summed E-state index contributed by atoms with van der Waals surface area (Å²) in [7, 11) is -1.16. The average Bonchev–Trinajstić information content (AvgIpc) is 2.15. The van der Waals surface area contributed by atoms with Gasteiger partial charge in [-0.2, -0.15) is 0 Å². The Bertz CT molecular complexity index is 342. The zero-order valence-corrected chi connectivity index (χ0v) is 7.87. The summed E-state index contributed by atoms with van der Waals surface area (Å²) in [5.74, 6) is 2.79. The lowest BCUT2D eigenvalue weighted by Crippen LogP contribution is -1.99. The fourth-order valence-corrected chi connectivity index (χ4v) is 1.05. The van der Waals surface area contributed by atoms with Gasteiger partial charge in [0.05, 0.1) is 23.2 Å². The minimum absolute atomic E-state index is 0.178. The molecular formula is C8H8N2O2S. The summed E-state index contributed by atoms with van der Waals surface area (Å²) in [6, 6.07) is 0. The van der Waals surface area contributed by atoms with Gasteiger partial charge in [0.15, 0.2) is 5.75 Å². The van der Waals surface area contributed by atoms with Crippen molar-refractivity contribution in [3.05, 3.63) is 12.4 Å². The second-order valence-electron chi connectivity index (χ2n) is 2.15. The number of hydrogen-bond acceptors (Lipinski definition) is 4. The number of aromatic nitrogens is 2. The average molecular weight is 196 g/mol. The van der Waals surface area contributed by atoms with Crippen LogP contribution in [0.5, 0.6) is 5.75 Å². The fourth-order valence-electron chi connectivity index (χ4n) is 0.652. The van der Waals surface area contributed by atoms with E-state index in [1.165, 1.54) is 18.6 Å². The zero-order chi connectivity index (χ0) is 9.68. The van der Waals surface area contributed by atoms with Crippen molar-refractivity contribution in [3.63, 3.8) is 0 Å². The molecule has 1 atom stereocenters. The van der Waals surface area contributed by atoms with E-state index in [1.807, 2.05) is 0 Å². The van der Waals surface area contributed by atoms with Crippen molar-refractivity contribution in [2.24, 2.45) is 0 Å². The summed E-state index contributed by atoms with van der Waals surface area (Å²) in [6.07, 6.45) is 9.39. The standard InChI is InChI=1S/C8H8N2O2S/c1-3-4-12-7-5-9-8(10-6-7)13(2)11/h1,5-6H,4H2,2H3/t13-/m1/s1. The monoisotopic (exact) mass is 196 g/mol. The fraction of sp³-hybridized carbons (Fsp3) is 0.250. The summed E-state index contributed by atoms with van der Waals surface area (Å²) in [5.41, 5.74) is 0. The first kappa shape index (κ1) is 9.68. The molecule has 0 amide bonds. The Morgan fingerprint density at radius 2 is 2.23 bits per heavy atom. The van der Waals surface area contributed by atoms with Crippen LogP contribution in [0.1, 0.15) is 0 Å². The summed E-state index contributed by atoms with van der Waals surface area (Å²) in [5, 5.41) is 0.285. The lowest BCUT2D eigenvalue weighted by molar-refractivity contribution is 0.365. The Morgan fingerprint density at radius 1 is 1.62 bits per heavy atom. The molecule has 0 unspecified atom stereocenters. The minimum atomic E-state index is -1.16. The van der Waals surface area contributed by atoms with Crippen LogP contribution in [0.2, 0.25) is 0 Å². The van der Waals surface area contributed by atoms with E-state index in [2.05, 4.69) is 15.9 Å². The maximum Gasteiger partial charge on any atom is 0.218 e. The molecule has 0 aliphatic heterocycles. The number of ether oxygens (including phenoxy) is 1. The van der Waals surface area contributed by atoms with Gasteiger partial charge in [0, 0.05) is 6.26 Å². The van der Waals surface area contributed by atoms with E-state index in [9.17, 15) is 4.21 Å². The highest BCUT2D eigenvalue weighted by molar-refractivity contribution is 7.84. The highest BCUT2D eigenvalue weighted by Gasteiger charge is 2.00. The number of hydrogen-bond donors (Lipinski definition) is 0. The second-order valence-corrected chi connectivity index (χ2v) is 3.42. The van der Waals surface area contributed by atoms with Crippen molar-refractivity contribution < 1.29 is 8.95 Å². The minimum Gasteiger partial charge on any atom is -0.478 e. The van der Waals surface area contributed by atoms with Crippen molar-refractivity contribution in [1.29, 1.82) is 0 Å². The quantitative estimate of drug-likeness (QED) is 0.513. The van der Waals surface area contributed by atoms with Gasteiger partial charge >= 0.3 is 0 Å². The SMILES string of the molecule is C#CCOc1cnc([S@@](C)=O)nc1. The van der Waals surface area contributed by atoms with Gasteiger partial charge in [0.1, 0.15) is 6.61 Å². The Morgan fingerprint density at radius 3 is 2.69 bits per heavy atom. The van der Waals surface area contributed by atoms with Gasteiger partial charge < -0.3 is 4.74 Å². The Kier molecular flexibility index (Phi) is 3.41. The lowest BCUT2D eigenvalue weighted by atomic mass is 10.6. The third kappa shape index (κ3) is 2.84. The molecule has 1 aromatic rings. The molecule has 1 heterocycles. The molecular weight excluding hydrogens is 188 g/mol. The van der Waals surface area contributed by atoms with Crippen molar-refractivity contribution in [1.82, 2.24) is 9.97 Å². The summed E-state index contributed by atoms with van der Waals surface area (Å²) < 4.78 is 15.9. The molecule has 0 aliphatic rings. The molecule has 4 nitrogen and oxygen atoms in total. The number of nitrogens with zero attached hydrogens (tertiary/aromatic N) is 2. The van der Waals surface area contributed by atoms with Gasteiger partial charge in [-0.05, 0) is 0 Å². The van der Waals surface area contributed by atoms with E-state index in [1.54, 1.807) is 0 Å². The number of terminal acetylenes is 1. The van der Waals surface area contributed by atoms with Crippen LogP contribution in [0.3, 0.4) is 0 Å². The zero-order valence-electron chi connectivity index (χ0n) is 7.06. The molecule has 1 aromatic heterocycles. The van der Waals surface area contributed by atoms with E-state index in [0.29, 0.717) is 5.75 Å². The highest BCUT2D eigenvalue weighted by Crippen LogP contribution is 2.06. The van der Waals surface area contributed by atoms with E-state index in [0.717, 1.165) is 0 Å². The first-order valence-corrected chi connectivity index (χ1v) is 5.01. The highest BCUT2D eigenvalue weighted by atomic mass is 32.2. The van der Waals surface area contributed by atoms with Crippen LogP contribution in [-0.2, 0) is 10.8 Å². The smallest absolute Gasteiger partial charge is 0.218 e. The second kappa shape index (κ2) is 4.58. The third-order valence-corrected chi connectivity index (χ3v) is 1.91. The maximum absolute atomic E-state index is 10.9. The van der Waals surface area contributed by atoms with Crippen molar-refractivity contribution >= 4 is 10.8 Å². The van der Waals surface area contributed by atoms with Crippen LogP contribution in [0, 0.1) is 12.3 Å². The van der Waals surface area contributed by atoms with Gasteiger partial charge in [-0.1, -0.05) is 5.92 Å². The van der Waals surface area contributed by atoms with Crippen LogP contribution < -0.4 is 4.74 Å². The molecule has 0 saturated carbocycles. The summed E-state index contributed by atoms with van der Waals surface area (Å²) >= 11 is 0. The van der Waals surface area contributed by atoms with E-state index < -0.39 is 10.8 Å². The Balaban J connectivity index is 2.71. The Hall–Kier alpha value is -1.41. The molecule has 5 heteroatoms. The molecule has 0 aromatic carbocycles. The van der Waals surface area contributed by atoms with E-state index >= 15 is 0 Å². The van der Waals surface area contributed by atoms with Crippen LogP contribution >= 0.6 is 0 Å². The Labute approximate surface area is 78.8 Å². The normalized spacial score (nSPS) is 11.7. The predicted molar refractivity (Wildman–Crippen MR) is 48.7 cm³/mol. The third-order valence-electron chi connectivity index (χ3n) is 1.18. The molecule has 0 radical (unpaired) electrons. The molecule has 0 saturated heterocycles. The largest absolute Gasteiger partial charge is 0.478 e. The van der Waals surface area contributed by atoms with Gasteiger partial charge in [0.2, 0.25) is 5.16 Å². The van der Waals surface area contributed by atoms with E-state index in [-0.39, 0.29) is 11.8 Å². The van der Waals surface area contributed by atoms with Crippen molar-refractivity contribution in [3.8, 4) is 18.1 Å². The molecule has 0 fully saturated rings. The molecule has 0 spiro atoms. The van der Waals surface area contributed by atoms with Crippen molar-refractivity contribution in [2.75, 3.05) is 12.9 Å². The van der Waals surface area contributed by atoms with Crippen LogP contribution in [0.25, 0.3) is 0 Å². The lowest BCUT2D eigenvalue weighted by Gasteiger charge is -2.00. The molecule has 68 valence electrons. The van der Waals surface area contributed by atoms with Crippen LogP contribution in [-0.4, -0.2) is 27.0 Å². The van der Waals surface area contributed by atoms with Gasteiger partial charge in [-0.25, -0.2) is 9.97 Å². The summed E-state index contributed by atoms with van der Waals surface area (Å²) in [4.78, 5) is 7.65. The first-order valence-electron chi connectivity index (χ1n) is 3.46. The topological polar surface area (TPSA) is 52.1 Å². The summed E-state index contributed by atoms with van der Waals surface area (Å²) in [6.45, 7) is 0.178. The molecule has 0 bridgehead atoms. The maximum atomic E-state index is 10.9. The van der Waals surface area contributed by atoms with Gasteiger partial charge in [0.25, 0.3) is 0 Å². The van der Waals surface area contributed by atoms with E-state index in [4.69, 9.17) is 11.2 Å². The van der Waals surface area contributed by atoms with Crippen molar-refractivity contribution in [2.45, 2.75) is 5.16 Å². The molecule has 13 heavy (non-hydrogen) atoms. The van der Waals surface area contributed by atoms with Gasteiger partial charge in [-0.15, -0.1) is 6.42 Å². The molecule has 1 rings (SSSR count). The molecule has 0 aliphatic carbocycles. The molecule has 0 N–H and O–H groups in total. The number of rotatable bonds is 3.